The Kier molecular flexibility index (Phi) is 8.39. The van der Waals surface area contributed by atoms with Crippen LogP contribution in [0.1, 0.15) is 42.5 Å². The standard InChI is InChI=1S/C32H41FN8O2/c1-22(33)32(42)41-17-16-39(19-24(41)8-11-34)28-18-29(43-21-25-7-5-13-37(25)2)36-27-20-40(15-10-26(27)28)31-30-23(9-12-35-31)6-4-14-38(30)3/h9,12,18,24-25H,1,4-8,10,13-17,19-21H2,2-3H3/t24-,25-/m0/s1. The first-order valence-corrected chi connectivity index (χ1v) is 15.4. The average Bonchev–Trinajstić information content (AvgIpc) is 3.43. The Morgan fingerprint density at radius 1 is 1.14 bits per heavy atom. The Bertz CT molecular complexity index is 1430. The van der Waals surface area contributed by atoms with Crippen LogP contribution in [0.25, 0.3) is 0 Å². The highest BCUT2D eigenvalue weighted by molar-refractivity contribution is 5.91. The molecule has 2 fully saturated rings. The summed E-state index contributed by atoms with van der Waals surface area (Å²) in [6.45, 7) is 8.53. The zero-order valence-corrected chi connectivity index (χ0v) is 25.3. The number of nitrogens with zero attached hydrogens (tertiary/aromatic N) is 8. The van der Waals surface area contributed by atoms with E-state index in [9.17, 15) is 14.4 Å². The molecule has 0 N–H and O–H groups in total. The van der Waals surface area contributed by atoms with Crippen molar-refractivity contribution in [2.45, 2.75) is 57.2 Å². The molecule has 0 radical (unpaired) electrons. The number of likely N-dealkylation sites (tertiary alicyclic amines) is 1. The molecule has 11 heteroatoms. The van der Waals surface area contributed by atoms with Gasteiger partial charge in [-0.25, -0.2) is 14.4 Å². The Morgan fingerprint density at radius 2 is 2.00 bits per heavy atom. The van der Waals surface area contributed by atoms with Crippen LogP contribution in [0.15, 0.2) is 30.7 Å². The normalized spacial score (nSPS) is 22.2. The number of hydrogen-bond acceptors (Lipinski definition) is 9. The summed E-state index contributed by atoms with van der Waals surface area (Å²) in [5, 5.41) is 9.51. The third-order valence-electron chi connectivity index (χ3n) is 9.48. The molecule has 2 aromatic rings. The van der Waals surface area contributed by atoms with Crippen molar-refractivity contribution in [3.8, 4) is 11.9 Å². The molecule has 0 saturated carbocycles. The number of ether oxygens (including phenoxy) is 1. The Hall–Kier alpha value is -3.91. The Balaban J connectivity index is 1.32. The van der Waals surface area contributed by atoms with Gasteiger partial charge in [-0.15, -0.1) is 0 Å². The van der Waals surface area contributed by atoms with Crippen LogP contribution in [0.4, 0.5) is 21.6 Å². The van der Waals surface area contributed by atoms with Crippen molar-refractivity contribution in [3.63, 3.8) is 0 Å². The number of likely N-dealkylation sites (N-methyl/N-ethyl adjacent to an activating group) is 1. The van der Waals surface area contributed by atoms with Gasteiger partial charge in [-0.2, -0.15) is 5.26 Å². The van der Waals surface area contributed by atoms with E-state index in [1.807, 2.05) is 12.3 Å². The largest absolute Gasteiger partial charge is 0.476 e. The van der Waals surface area contributed by atoms with Crippen LogP contribution in [0, 0.1) is 11.3 Å². The van der Waals surface area contributed by atoms with Crippen molar-refractivity contribution in [1.29, 1.82) is 5.26 Å². The smallest absolute Gasteiger partial charge is 0.282 e. The van der Waals surface area contributed by atoms with Gasteiger partial charge in [-0.05, 0) is 57.3 Å². The first-order chi connectivity index (χ1) is 20.8. The highest BCUT2D eigenvalue weighted by Crippen LogP contribution is 2.39. The summed E-state index contributed by atoms with van der Waals surface area (Å²) in [5.74, 6) is -0.142. The van der Waals surface area contributed by atoms with Crippen LogP contribution in [-0.2, 0) is 24.2 Å². The number of anilines is 3. The first kappa shape index (κ1) is 29.2. The predicted octanol–water partition coefficient (Wildman–Crippen LogP) is 3.31. The molecule has 6 heterocycles. The topological polar surface area (TPSA) is 92.1 Å². The van der Waals surface area contributed by atoms with Gasteiger partial charge in [-0.3, -0.25) is 4.79 Å². The van der Waals surface area contributed by atoms with Crippen LogP contribution in [0.3, 0.4) is 0 Å². The maximum Gasteiger partial charge on any atom is 0.282 e. The molecule has 2 aromatic heterocycles. The van der Waals surface area contributed by atoms with E-state index < -0.39 is 17.8 Å². The number of aryl methyl sites for hydroxylation is 1. The van der Waals surface area contributed by atoms with E-state index in [0.717, 1.165) is 68.1 Å². The van der Waals surface area contributed by atoms with Gasteiger partial charge in [0.25, 0.3) is 5.91 Å². The minimum Gasteiger partial charge on any atom is -0.476 e. The summed E-state index contributed by atoms with van der Waals surface area (Å²) >= 11 is 0. The first-order valence-electron chi connectivity index (χ1n) is 15.4. The summed E-state index contributed by atoms with van der Waals surface area (Å²) in [5.41, 5.74) is 5.69. The lowest BCUT2D eigenvalue weighted by atomic mass is 9.99. The summed E-state index contributed by atoms with van der Waals surface area (Å²) in [7, 11) is 4.28. The molecule has 2 atom stereocenters. The second-order valence-electron chi connectivity index (χ2n) is 12.2. The third kappa shape index (κ3) is 5.85. The summed E-state index contributed by atoms with van der Waals surface area (Å²) in [6, 6.07) is 6.26. The van der Waals surface area contributed by atoms with Crippen molar-refractivity contribution in [3.05, 3.63) is 47.6 Å². The number of hydrogen-bond donors (Lipinski definition) is 0. The van der Waals surface area contributed by atoms with Gasteiger partial charge in [0, 0.05) is 69.3 Å². The molecule has 0 unspecified atom stereocenters. The summed E-state index contributed by atoms with van der Waals surface area (Å²) < 4.78 is 20.2. The van der Waals surface area contributed by atoms with Gasteiger partial charge >= 0.3 is 0 Å². The lowest BCUT2D eigenvalue weighted by Gasteiger charge is -2.43. The fourth-order valence-corrected chi connectivity index (χ4v) is 7.13. The highest BCUT2D eigenvalue weighted by atomic mass is 19.1. The van der Waals surface area contributed by atoms with E-state index in [0.29, 0.717) is 44.7 Å². The monoisotopic (exact) mass is 588 g/mol. The van der Waals surface area contributed by atoms with E-state index >= 15 is 0 Å². The number of fused-ring (bicyclic) bond motifs is 2. The number of pyridine rings is 2. The van der Waals surface area contributed by atoms with E-state index in [4.69, 9.17) is 14.7 Å². The summed E-state index contributed by atoms with van der Waals surface area (Å²) in [6.07, 6.45) is 7.29. The predicted molar refractivity (Wildman–Crippen MR) is 164 cm³/mol. The number of halogens is 1. The Labute approximate surface area is 253 Å². The van der Waals surface area contributed by atoms with Crippen molar-refractivity contribution in [2.75, 3.05) is 74.7 Å². The molecule has 43 heavy (non-hydrogen) atoms. The number of piperazine rings is 1. The van der Waals surface area contributed by atoms with Crippen LogP contribution in [0.5, 0.6) is 5.88 Å². The average molecular weight is 589 g/mol. The summed E-state index contributed by atoms with van der Waals surface area (Å²) in [4.78, 5) is 33.1. The zero-order valence-electron chi connectivity index (χ0n) is 25.3. The van der Waals surface area contributed by atoms with Crippen LogP contribution < -0.4 is 19.4 Å². The molecule has 0 bridgehead atoms. The molecule has 0 aromatic carbocycles. The second kappa shape index (κ2) is 12.4. The molecule has 0 aliphatic carbocycles. The highest BCUT2D eigenvalue weighted by Gasteiger charge is 2.35. The van der Waals surface area contributed by atoms with E-state index in [1.165, 1.54) is 22.6 Å². The van der Waals surface area contributed by atoms with Gasteiger partial charge in [0.2, 0.25) is 5.88 Å². The fraction of sp³-hybridized carbons (Fsp3) is 0.562. The zero-order chi connectivity index (χ0) is 30.1. The number of aromatic nitrogens is 2. The van der Waals surface area contributed by atoms with Crippen molar-refractivity contribution in [2.24, 2.45) is 0 Å². The van der Waals surface area contributed by atoms with E-state index in [-0.39, 0.29) is 6.42 Å². The van der Waals surface area contributed by atoms with Crippen molar-refractivity contribution >= 4 is 23.1 Å². The SMILES string of the molecule is C=C(F)C(=O)N1CCN(c2cc(OC[C@@H]3CCCN3C)nc3c2CCN(c2nccc4c2N(C)CCC4)C3)C[C@@H]1CC#N. The molecule has 0 spiro atoms. The quantitative estimate of drug-likeness (QED) is 0.452. The van der Waals surface area contributed by atoms with Crippen LogP contribution in [0.2, 0.25) is 0 Å². The van der Waals surface area contributed by atoms with Crippen LogP contribution in [-0.4, -0.2) is 97.7 Å². The van der Waals surface area contributed by atoms with Gasteiger partial charge in [-0.1, -0.05) is 6.58 Å². The lowest BCUT2D eigenvalue weighted by Crippen LogP contribution is -2.55. The minimum absolute atomic E-state index is 0.117. The molecule has 6 rings (SSSR count). The molecule has 4 aliphatic heterocycles. The lowest BCUT2D eigenvalue weighted by molar-refractivity contribution is -0.131. The van der Waals surface area contributed by atoms with Gasteiger partial charge in [0.1, 0.15) is 6.61 Å². The molecule has 228 valence electrons. The number of nitriles is 1. The molecule has 2 saturated heterocycles. The molecule has 4 aliphatic rings. The molecular weight excluding hydrogens is 547 g/mol. The molecule has 10 nitrogen and oxygen atoms in total. The van der Waals surface area contributed by atoms with Crippen molar-refractivity contribution in [1.82, 2.24) is 19.8 Å². The van der Waals surface area contributed by atoms with Gasteiger partial charge in [0.05, 0.1) is 36.5 Å². The van der Waals surface area contributed by atoms with Gasteiger partial charge < -0.3 is 29.2 Å². The van der Waals surface area contributed by atoms with E-state index in [2.05, 4.69) is 52.4 Å². The second-order valence-corrected chi connectivity index (χ2v) is 12.2. The van der Waals surface area contributed by atoms with Gasteiger partial charge in [0.15, 0.2) is 11.6 Å². The van der Waals surface area contributed by atoms with Crippen LogP contribution >= 0.6 is 0 Å². The Morgan fingerprint density at radius 3 is 2.77 bits per heavy atom. The van der Waals surface area contributed by atoms with E-state index in [1.54, 1.807) is 0 Å². The number of rotatable bonds is 7. The third-order valence-corrected chi connectivity index (χ3v) is 9.48. The maximum absolute atomic E-state index is 13.8. The number of amides is 1. The number of carbonyl (C=O) groups is 1. The fourth-order valence-electron chi connectivity index (χ4n) is 7.13. The van der Waals surface area contributed by atoms with Crippen molar-refractivity contribution < 1.29 is 13.9 Å². The minimum atomic E-state index is -0.993. The number of carbonyl (C=O) groups excluding carboxylic acids is 1. The molecule has 1 amide bonds. The molecular formula is C32H41FN8O2. The maximum atomic E-state index is 13.8.